The molecule has 0 aliphatic heterocycles. The molecule has 3 N–H and O–H groups in total. The van der Waals surface area contributed by atoms with E-state index in [1.165, 1.54) is 5.56 Å². The predicted octanol–water partition coefficient (Wildman–Crippen LogP) is 3.28. The molecule has 0 radical (unpaired) electrons. The van der Waals surface area contributed by atoms with Crippen LogP contribution in [0, 0.1) is 0 Å². The number of hydrogen-bond acceptors (Lipinski definition) is 2. The zero-order valence-corrected chi connectivity index (χ0v) is 11.1. The minimum absolute atomic E-state index is 0.0227. The summed E-state index contributed by atoms with van der Waals surface area (Å²) in [5, 5.41) is 8.55. The fourth-order valence-corrected chi connectivity index (χ4v) is 2.03. The van der Waals surface area contributed by atoms with Gasteiger partial charge in [0.05, 0.1) is 0 Å². The summed E-state index contributed by atoms with van der Waals surface area (Å²) in [7, 11) is 0. The van der Waals surface area contributed by atoms with Crippen LogP contribution in [0.3, 0.4) is 0 Å². The first-order valence-electron chi connectivity index (χ1n) is 6.69. The molecule has 3 nitrogen and oxygen atoms in total. The zero-order chi connectivity index (χ0) is 13.4. The van der Waals surface area contributed by atoms with Gasteiger partial charge in [-0.3, -0.25) is 4.79 Å². The Labute approximate surface area is 109 Å². The van der Waals surface area contributed by atoms with Crippen molar-refractivity contribution in [3.05, 3.63) is 35.4 Å². The van der Waals surface area contributed by atoms with E-state index in [9.17, 15) is 4.79 Å². The average Bonchev–Trinajstić information content (AvgIpc) is 2.35. The fourth-order valence-electron chi connectivity index (χ4n) is 2.03. The van der Waals surface area contributed by atoms with Gasteiger partial charge < -0.3 is 10.8 Å². The summed E-state index contributed by atoms with van der Waals surface area (Å²) in [5.74, 6) is -0.729. The fraction of sp³-hybridized carbons (Fsp3) is 0.533. The van der Waals surface area contributed by atoms with Gasteiger partial charge in [-0.2, -0.15) is 0 Å². The summed E-state index contributed by atoms with van der Waals surface area (Å²) in [6.45, 7) is 2.17. The Morgan fingerprint density at radius 2 is 1.94 bits per heavy atom. The highest BCUT2D eigenvalue weighted by Gasteiger charge is 2.06. The molecule has 0 amide bonds. The van der Waals surface area contributed by atoms with Gasteiger partial charge in [0.2, 0.25) is 0 Å². The molecule has 0 saturated heterocycles. The summed E-state index contributed by atoms with van der Waals surface area (Å²) in [5.41, 5.74) is 8.58. The molecule has 0 spiro atoms. The Bertz CT molecular complexity index is 359. The molecule has 18 heavy (non-hydrogen) atoms. The van der Waals surface area contributed by atoms with Crippen molar-refractivity contribution in [2.45, 2.75) is 51.5 Å². The molecule has 3 heteroatoms. The van der Waals surface area contributed by atoms with E-state index >= 15 is 0 Å². The Morgan fingerprint density at radius 1 is 1.28 bits per heavy atom. The van der Waals surface area contributed by atoms with Crippen molar-refractivity contribution in [1.82, 2.24) is 0 Å². The molecule has 1 atom stereocenters. The normalized spacial score (nSPS) is 12.3. The Balaban J connectivity index is 2.36. The number of aliphatic carboxylic acids is 1. The molecule has 100 valence electrons. The summed E-state index contributed by atoms with van der Waals surface area (Å²) >= 11 is 0. The first kappa shape index (κ1) is 14.7. The number of hydrogen-bond donors (Lipinski definition) is 2. The number of aryl methyl sites for hydroxylation is 1. The van der Waals surface area contributed by atoms with E-state index in [-0.39, 0.29) is 12.5 Å². The van der Waals surface area contributed by atoms with E-state index in [1.54, 1.807) is 0 Å². The second-order valence-corrected chi connectivity index (χ2v) is 4.74. The number of carboxylic acid groups (broad SMARTS) is 1. The van der Waals surface area contributed by atoms with Gasteiger partial charge in [-0.05, 0) is 30.4 Å². The van der Waals surface area contributed by atoms with Gasteiger partial charge in [0.15, 0.2) is 0 Å². The minimum Gasteiger partial charge on any atom is -0.481 e. The molecule has 0 aliphatic rings. The standard InChI is InChI=1S/C15H23NO2/c1-2-5-12-8-10-13(11-9-12)14(16)6-3-4-7-15(17)18/h8-11,14H,2-7,16H2,1H3,(H,17,18). The molecule has 0 bridgehead atoms. The van der Waals surface area contributed by atoms with Crippen LogP contribution < -0.4 is 5.73 Å². The van der Waals surface area contributed by atoms with Crippen LogP contribution in [0.25, 0.3) is 0 Å². The Morgan fingerprint density at radius 3 is 2.50 bits per heavy atom. The molecular weight excluding hydrogens is 226 g/mol. The molecule has 0 saturated carbocycles. The highest BCUT2D eigenvalue weighted by molar-refractivity contribution is 5.66. The second kappa shape index (κ2) is 7.88. The maximum absolute atomic E-state index is 10.4. The number of benzene rings is 1. The smallest absolute Gasteiger partial charge is 0.303 e. The topological polar surface area (TPSA) is 63.3 Å². The van der Waals surface area contributed by atoms with Crippen molar-refractivity contribution in [2.24, 2.45) is 5.73 Å². The lowest BCUT2D eigenvalue weighted by Gasteiger charge is -2.12. The number of rotatable bonds is 8. The minimum atomic E-state index is -0.729. The first-order chi connectivity index (χ1) is 8.63. The van der Waals surface area contributed by atoms with Crippen molar-refractivity contribution in [2.75, 3.05) is 0 Å². The van der Waals surface area contributed by atoms with Crippen LogP contribution in [-0.4, -0.2) is 11.1 Å². The van der Waals surface area contributed by atoms with E-state index in [4.69, 9.17) is 10.8 Å². The summed E-state index contributed by atoms with van der Waals surface area (Å²) < 4.78 is 0. The highest BCUT2D eigenvalue weighted by Crippen LogP contribution is 2.18. The van der Waals surface area contributed by atoms with Crippen LogP contribution in [0.5, 0.6) is 0 Å². The van der Waals surface area contributed by atoms with E-state index < -0.39 is 5.97 Å². The van der Waals surface area contributed by atoms with Crippen molar-refractivity contribution in [3.63, 3.8) is 0 Å². The summed E-state index contributed by atoms with van der Waals surface area (Å²) in [6.07, 6.45) is 4.92. The Hall–Kier alpha value is -1.35. The first-order valence-corrected chi connectivity index (χ1v) is 6.69. The summed E-state index contributed by atoms with van der Waals surface area (Å²) in [6, 6.07) is 8.47. The van der Waals surface area contributed by atoms with Crippen molar-refractivity contribution in [3.8, 4) is 0 Å². The molecule has 1 rings (SSSR count). The zero-order valence-electron chi connectivity index (χ0n) is 11.1. The molecule has 1 aromatic carbocycles. The third-order valence-electron chi connectivity index (χ3n) is 3.10. The van der Waals surface area contributed by atoms with Crippen molar-refractivity contribution >= 4 is 5.97 Å². The molecule has 0 aliphatic carbocycles. The van der Waals surface area contributed by atoms with Crippen LogP contribution in [0.15, 0.2) is 24.3 Å². The van der Waals surface area contributed by atoms with Gasteiger partial charge in [-0.25, -0.2) is 0 Å². The van der Waals surface area contributed by atoms with E-state index in [0.29, 0.717) is 6.42 Å². The van der Waals surface area contributed by atoms with E-state index in [0.717, 1.165) is 31.2 Å². The lowest BCUT2D eigenvalue weighted by atomic mass is 9.99. The number of unbranched alkanes of at least 4 members (excludes halogenated alkanes) is 1. The number of carbonyl (C=O) groups is 1. The van der Waals surface area contributed by atoms with Gasteiger partial charge in [-0.1, -0.05) is 44.0 Å². The van der Waals surface area contributed by atoms with Gasteiger partial charge in [0.25, 0.3) is 0 Å². The lowest BCUT2D eigenvalue weighted by molar-refractivity contribution is -0.137. The second-order valence-electron chi connectivity index (χ2n) is 4.74. The van der Waals surface area contributed by atoms with Gasteiger partial charge in [-0.15, -0.1) is 0 Å². The molecular formula is C15H23NO2. The predicted molar refractivity (Wildman–Crippen MR) is 73.5 cm³/mol. The van der Waals surface area contributed by atoms with Gasteiger partial charge in [0, 0.05) is 12.5 Å². The molecule has 1 aromatic rings. The molecule has 0 aromatic heterocycles. The summed E-state index contributed by atoms with van der Waals surface area (Å²) in [4.78, 5) is 10.4. The highest BCUT2D eigenvalue weighted by atomic mass is 16.4. The van der Waals surface area contributed by atoms with Crippen LogP contribution in [0.1, 0.15) is 56.2 Å². The van der Waals surface area contributed by atoms with Crippen LogP contribution in [0.2, 0.25) is 0 Å². The quantitative estimate of drug-likeness (QED) is 0.695. The Kier molecular flexibility index (Phi) is 6.44. The molecule has 1 unspecified atom stereocenters. The van der Waals surface area contributed by atoms with Crippen LogP contribution in [0.4, 0.5) is 0 Å². The van der Waals surface area contributed by atoms with E-state index in [2.05, 4.69) is 31.2 Å². The van der Waals surface area contributed by atoms with Gasteiger partial charge >= 0.3 is 5.97 Å². The number of carboxylic acids is 1. The van der Waals surface area contributed by atoms with Gasteiger partial charge in [0.1, 0.15) is 0 Å². The largest absolute Gasteiger partial charge is 0.481 e. The maximum atomic E-state index is 10.4. The van der Waals surface area contributed by atoms with Crippen molar-refractivity contribution < 1.29 is 9.90 Å². The molecule has 0 heterocycles. The van der Waals surface area contributed by atoms with Crippen LogP contribution >= 0.6 is 0 Å². The lowest BCUT2D eigenvalue weighted by Crippen LogP contribution is -2.10. The monoisotopic (exact) mass is 249 g/mol. The third kappa shape index (κ3) is 5.32. The maximum Gasteiger partial charge on any atom is 0.303 e. The van der Waals surface area contributed by atoms with Crippen LogP contribution in [-0.2, 0) is 11.2 Å². The third-order valence-corrected chi connectivity index (χ3v) is 3.10. The molecule has 0 fully saturated rings. The van der Waals surface area contributed by atoms with Crippen molar-refractivity contribution in [1.29, 1.82) is 0 Å². The number of nitrogens with two attached hydrogens (primary N) is 1. The average molecular weight is 249 g/mol. The van der Waals surface area contributed by atoms with E-state index in [1.807, 2.05) is 0 Å². The SMILES string of the molecule is CCCc1ccc(C(N)CCCCC(=O)O)cc1.